The molecule has 3 heteroatoms. The fourth-order valence-electron chi connectivity index (χ4n) is 2.02. The van der Waals surface area contributed by atoms with Gasteiger partial charge in [0, 0.05) is 10.7 Å². The second-order valence-electron chi connectivity index (χ2n) is 4.09. The van der Waals surface area contributed by atoms with Crippen LogP contribution in [0.5, 0.6) is 0 Å². The molecule has 0 spiro atoms. The molecule has 1 aromatic heterocycles. The van der Waals surface area contributed by atoms with Crippen LogP contribution in [0.3, 0.4) is 0 Å². The van der Waals surface area contributed by atoms with Crippen molar-refractivity contribution in [1.82, 2.24) is 4.98 Å². The van der Waals surface area contributed by atoms with Crippen LogP contribution in [0.2, 0.25) is 0 Å². The van der Waals surface area contributed by atoms with Crippen LogP contribution >= 0.6 is 15.9 Å². The molecule has 1 aliphatic carbocycles. The molecule has 0 saturated heterocycles. The standard InChI is InChI=1S/C11H15BrN2/c1-2-3-8-6-11(8,13)10-5-4-9(12)7-14-10/h4-5,7-8H,2-3,6,13H2,1H3. The molecular weight excluding hydrogens is 240 g/mol. The Hall–Kier alpha value is -0.410. The first kappa shape index (κ1) is 10.1. The molecule has 0 aliphatic heterocycles. The van der Waals surface area contributed by atoms with Gasteiger partial charge in [0.1, 0.15) is 0 Å². The maximum absolute atomic E-state index is 6.27. The number of nitrogens with zero attached hydrogens (tertiary/aromatic N) is 1. The molecule has 1 heterocycles. The van der Waals surface area contributed by atoms with Crippen LogP contribution in [0.4, 0.5) is 0 Å². The zero-order valence-electron chi connectivity index (χ0n) is 8.33. The van der Waals surface area contributed by atoms with E-state index in [1.54, 1.807) is 0 Å². The molecule has 76 valence electrons. The Morgan fingerprint density at radius 1 is 1.64 bits per heavy atom. The second-order valence-corrected chi connectivity index (χ2v) is 5.01. The van der Waals surface area contributed by atoms with E-state index in [4.69, 9.17) is 5.73 Å². The van der Waals surface area contributed by atoms with Gasteiger partial charge in [0.25, 0.3) is 0 Å². The van der Waals surface area contributed by atoms with Gasteiger partial charge in [-0.15, -0.1) is 0 Å². The maximum atomic E-state index is 6.27. The van der Waals surface area contributed by atoms with Crippen LogP contribution in [0.15, 0.2) is 22.8 Å². The van der Waals surface area contributed by atoms with E-state index in [9.17, 15) is 0 Å². The van der Waals surface area contributed by atoms with Gasteiger partial charge in [-0.3, -0.25) is 4.98 Å². The summed E-state index contributed by atoms with van der Waals surface area (Å²) in [6.45, 7) is 2.20. The molecule has 2 nitrogen and oxygen atoms in total. The van der Waals surface area contributed by atoms with E-state index in [0.29, 0.717) is 5.92 Å². The largest absolute Gasteiger partial charge is 0.320 e. The molecule has 2 atom stereocenters. The Labute approximate surface area is 93.0 Å². The zero-order valence-corrected chi connectivity index (χ0v) is 9.92. The first-order valence-corrected chi connectivity index (χ1v) is 5.87. The Balaban J connectivity index is 2.13. The summed E-state index contributed by atoms with van der Waals surface area (Å²) in [5.41, 5.74) is 7.18. The second kappa shape index (κ2) is 3.63. The van der Waals surface area contributed by atoms with Gasteiger partial charge in [0.15, 0.2) is 0 Å². The first-order chi connectivity index (χ1) is 6.66. The molecule has 2 rings (SSSR count). The van der Waals surface area contributed by atoms with Crippen molar-refractivity contribution in [2.75, 3.05) is 0 Å². The molecule has 14 heavy (non-hydrogen) atoms. The average Bonchev–Trinajstić information content (AvgIpc) is 2.80. The third kappa shape index (κ3) is 1.71. The molecule has 0 amide bonds. The van der Waals surface area contributed by atoms with Crippen molar-refractivity contribution in [2.24, 2.45) is 11.7 Å². The van der Waals surface area contributed by atoms with Crippen molar-refractivity contribution in [3.63, 3.8) is 0 Å². The predicted octanol–water partition coefficient (Wildman–Crippen LogP) is 2.82. The molecule has 0 aromatic carbocycles. The van der Waals surface area contributed by atoms with Crippen molar-refractivity contribution in [1.29, 1.82) is 0 Å². The lowest BCUT2D eigenvalue weighted by Crippen LogP contribution is -2.23. The molecule has 1 aromatic rings. The van der Waals surface area contributed by atoms with Crippen LogP contribution in [0, 0.1) is 5.92 Å². The Morgan fingerprint density at radius 3 is 3.00 bits per heavy atom. The summed E-state index contributed by atoms with van der Waals surface area (Å²) in [6, 6.07) is 4.04. The van der Waals surface area contributed by atoms with Gasteiger partial charge in [0.05, 0.1) is 11.2 Å². The van der Waals surface area contributed by atoms with E-state index in [2.05, 4.69) is 27.8 Å². The quantitative estimate of drug-likeness (QED) is 0.901. The molecule has 0 bridgehead atoms. The molecule has 2 N–H and O–H groups in total. The summed E-state index contributed by atoms with van der Waals surface area (Å²) in [4.78, 5) is 4.37. The lowest BCUT2D eigenvalue weighted by Gasteiger charge is -2.10. The van der Waals surface area contributed by atoms with Gasteiger partial charge in [0.2, 0.25) is 0 Å². The molecule has 0 radical (unpaired) electrons. The number of hydrogen-bond acceptors (Lipinski definition) is 2. The SMILES string of the molecule is CCCC1CC1(N)c1ccc(Br)cn1. The lowest BCUT2D eigenvalue weighted by molar-refractivity contribution is 0.571. The smallest absolute Gasteiger partial charge is 0.0616 e. The van der Waals surface area contributed by atoms with E-state index in [0.717, 1.165) is 16.6 Å². The summed E-state index contributed by atoms with van der Waals surface area (Å²) < 4.78 is 1.01. The summed E-state index contributed by atoms with van der Waals surface area (Å²) in [7, 11) is 0. The number of aromatic nitrogens is 1. The zero-order chi connectivity index (χ0) is 10.2. The summed E-state index contributed by atoms with van der Waals surface area (Å²) in [5, 5.41) is 0. The van der Waals surface area contributed by atoms with Gasteiger partial charge >= 0.3 is 0 Å². The molecular formula is C11H15BrN2. The topological polar surface area (TPSA) is 38.9 Å². The van der Waals surface area contributed by atoms with Gasteiger partial charge in [-0.1, -0.05) is 13.3 Å². The van der Waals surface area contributed by atoms with Gasteiger partial charge in [-0.05, 0) is 46.8 Å². The number of rotatable bonds is 3. The highest BCUT2D eigenvalue weighted by molar-refractivity contribution is 9.10. The summed E-state index contributed by atoms with van der Waals surface area (Å²) >= 11 is 3.38. The number of halogens is 1. The minimum atomic E-state index is -0.128. The summed E-state index contributed by atoms with van der Waals surface area (Å²) in [6.07, 6.45) is 5.34. The minimum Gasteiger partial charge on any atom is -0.320 e. The number of nitrogens with two attached hydrogens (primary N) is 1. The molecule has 1 aliphatic rings. The van der Waals surface area contributed by atoms with Crippen LogP contribution < -0.4 is 5.73 Å². The van der Waals surface area contributed by atoms with E-state index >= 15 is 0 Å². The van der Waals surface area contributed by atoms with Gasteiger partial charge < -0.3 is 5.73 Å². The highest BCUT2D eigenvalue weighted by atomic mass is 79.9. The highest BCUT2D eigenvalue weighted by Gasteiger charge is 2.52. The lowest BCUT2D eigenvalue weighted by atomic mass is 10.1. The van der Waals surface area contributed by atoms with E-state index in [1.165, 1.54) is 12.8 Å². The normalized spacial score (nSPS) is 30.4. The van der Waals surface area contributed by atoms with Crippen LogP contribution in [0.25, 0.3) is 0 Å². The predicted molar refractivity (Wildman–Crippen MR) is 60.8 cm³/mol. The highest BCUT2D eigenvalue weighted by Crippen LogP contribution is 2.51. The fourth-order valence-corrected chi connectivity index (χ4v) is 2.26. The first-order valence-electron chi connectivity index (χ1n) is 5.07. The monoisotopic (exact) mass is 254 g/mol. The average molecular weight is 255 g/mol. The van der Waals surface area contributed by atoms with Gasteiger partial charge in [-0.2, -0.15) is 0 Å². The van der Waals surface area contributed by atoms with E-state index < -0.39 is 0 Å². The number of hydrogen-bond donors (Lipinski definition) is 1. The Kier molecular flexibility index (Phi) is 2.62. The van der Waals surface area contributed by atoms with Crippen molar-refractivity contribution in [2.45, 2.75) is 31.7 Å². The molecule has 1 fully saturated rings. The third-order valence-electron chi connectivity index (χ3n) is 2.99. The van der Waals surface area contributed by atoms with Crippen LogP contribution in [-0.4, -0.2) is 4.98 Å². The van der Waals surface area contributed by atoms with E-state index in [1.807, 2.05) is 18.3 Å². The van der Waals surface area contributed by atoms with Crippen molar-refractivity contribution in [3.05, 3.63) is 28.5 Å². The van der Waals surface area contributed by atoms with Crippen LogP contribution in [-0.2, 0) is 5.54 Å². The van der Waals surface area contributed by atoms with Crippen molar-refractivity contribution >= 4 is 15.9 Å². The van der Waals surface area contributed by atoms with Crippen molar-refractivity contribution < 1.29 is 0 Å². The molecule has 1 saturated carbocycles. The Bertz CT molecular complexity index is 323. The van der Waals surface area contributed by atoms with Crippen LogP contribution in [0.1, 0.15) is 31.9 Å². The van der Waals surface area contributed by atoms with Gasteiger partial charge in [-0.25, -0.2) is 0 Å². The maximum Gasteiger partial charge on any atom is 0.0616 e. The summed E-state index contributed by atoms with van der Waals surface area (Å²) in [5.74, 6) is 0.640. The number of pyridine rings is 1. The Morgan fingerprint density at radius 2 is 2.43 bits per heavy atom. The third-order valence-corrected chi connectivity index (χ3v) is 3.46. The molecule has 2 unspecified atom stereocenters. The van der Waals surface area contributed by atoms with Crippen molar-refractivity contribution in [3.8, 4) is 0 Å². The fraction of sp³-hybridized carbons (Fsp3) is 0.545. The van der Waals surface area contributed by atoms with E-state index in [-0.39, 0.29) is 5.54 Å². The minimum absolute atomic E-state index is 0.128.